The third kappa shape index (κ3) is 4.09. The Hall–Kier alpha value is -3.45. The third-order valence-electron chi connectivity index (χ3n) is 5.31. The number of rotatable bonds is 5. The van der Waals surface area contributed by atoms with Gasteiger partial charge in [-0.2, -0.15) is 0 Å². The molecule has 1 aliphatic rings. The maximum Gasteiger partial charge on any atom is 0.267 e. The van der Waals surface area contributed by atoms with Crippen molar-refractivity contribution >= 4 is 27.5 Å². The number of carbonyl (C=O) groups is 2. The zero-order valence-corrected chi connectivity index (χ0v) is 17.8. The number of sulfonamides is 1. The molecule has 6 nitrogen and oxygen atoms in total. The van der Waals surface area contributed by atoms with Gasteiger partial charge in [0.1, 0.15) is 6.04 Å². The topological polar surface area (TPSA) is 83.6 Å². The second-order valence-electron chi connectivity index (χ2n) is 7.46. The minimum absolute atomic E-state index is 0.00348. The van der Waals surface area contributed by atoms with E-state index < -0.39 is 27.9 Å². The molecule has 0 aromatic heterocycles. The van der Waals surface area contributed by atoms with Crippen molar-refractivity contribution in [2.75, 3.05) is 5.32 Å². The third-order valence-corrected chi connectivity index (χ3v) is 7.15. The Bertz CT molecular complexity index is 1220. The van der Waals surface area contributed by atoms with Gasteiger partial charge in [0.25, 0.3) is 10.0 Å². The second-order valence-corrected chi connectivity index (χ2v) is 9.28. The molecular weight excluding hydrogens is 412 g/mol. The summed E-state index contributed by atoms with van der Waals surface area (Å²) in [6.45, 7) is 1.85. The molecule has 158 valence electrons. The van der Waals surface area contributed by atoms with E-state index in [1.165, 1.54) is 12.1 Å². The average molecular weight is 435 g/mol. The van der Waals surface area contributed by atoms with Gasteiger partial charge in [0.2, 0.25) is 11.8 Å². The predicted molar refractivity (Wildman–Crippen MR) is 119 cm³/mol. The van der Waals surface area contributed by atoms with Gasteiger partial charge in [-0.05, 0) is 37.1 Å². The summed E-state index contributed by atoms with van der Waals surface area (Å²) in [4.78, 5) is 25.6. The summed E-state index contributed by atoms with van der Waals surface area (Å²) >= 11 is 0. The molecule has 1 N–H and O–H groups in total. The summed E-state index contributed by atoms with van der Waals surface area (Å²) in [5, 5.41) is 2.84. The maximum atomic E-state index is 13.1. The minimum atomic E-state index is -4.13. The molecule has 3 aromatic rings. The van der Waals surface area contributed by atoms with Crippen molar-refractivity contribution in [2.24, 2.45) is 0 Å². The van der Waals surface area contributed by atoms with E-state index in [4.69, 9.17) is 0 Å². The van der Waals surface area contributed by atoms with E-state index in [-0.39, 0.29) is 17.7 Å². The van der Waals surface area contributed by atoms with Crippen LogP contribution in [0, 0.1) is 6.92 Å². The lowest BCUT2D eigenvalue weighted by Gasteiger charge is -2.24. The van der Waals surface area contributed by atoms with Crippen LogP contribution in [0.15, 0.2) is 83.8 Å². The first-order valence-electron chi connectivity index (χ1n) is 9.97. The number of hydrogen-bond acceptors (Lipinski definition) is 4. The lowest BCUT2D eigenvalue weighted by atomic mass is 10.0. The van der Waals surface area contributed by atoms with Crippen molar-refractivity contribution in [1.82, 2.24) is 4.31 Å². The lowest BCUT2D eigenvalue weighted by Crippen LogP contribution is -2.45. The molecule has 0 saturated carbocycles. The number of hydrogen-bond donors (Lipinski definition) is 1. The summed E-state index contributed by atoms with van der Waals surface area (Å²) < 4.78 is 27.0. The summed E-state index contributed by atoms with van der Waals surface area (Å²) in [6.07, 6.45) is 0.146. The molecule has 0 unspecified atom stereocenters. The van der Waals surface area contributed by atoms with Crippen molar-refractivity contribution in [3.63, 3.8) is 0 Å². The average Bonchev–Trinajstić information content (AvgIpc) is 3.17. The molecule has 3 aromatic carbocycles. The number of amides is 2. The van der Waals surface area contributed by atoms with Crippen molar-refractivity contribution in [2.45, 2.75) is 30.7 Å². The van der Waals surface area contributed by atoms with Crippen LogP contribution in [0.5, 0.6) is 0 Å². The molecule has 1 aliphatic heterocycles. The summed E-state index contributed by atoms with van der Waals surface area (Å²) in [5.74, 6) is -1.10. The first kappa shape index (κ1) is 20.8. The zero-order valence-electron chi connectivity index (χ0n) is 17.0. The molecule has 2 amide bonds. The molecule has 31 heavy (non-hydrogen) atoms. The van der Waals surface area contributed by atoms with Crippen molar-refractivity contribution < 1.29 is 18.0 Å². The van der Waals surface area contributed by atoms with Crippen LogP contribution in [-0.2, 0) is 19.6 Å². The largest absolute Gasteiger partial charge is 0.324 e. The van der Waals surface area contributed by atoms with Gasteiger partial charge in [-0.1, -0.05) is 66.2 Å². The van der Waals surface area contributed by atoms with Crippen LogP contribution in [0.2, 0.25) is 0 Å². The van der Waals surface area contributed by atoms with E-state index in [2.05, 4.69) is 5.32 Å². The van der Waals surface area contributed by atoms with Crippen LogP contribution in [-0.4, -0.2) is 30.6 Å². The predicted octanol–water partition coefficient (Wildman–Crippen LogP) is 3.98. The summed E-state index contributed by atoms with van der Waals surface area (Å²) in [7, 11) is -4.13. The number of para-hydroxylation sites is 1. The van der Waals surface area contributed by atoms with Crippen LogP contribution in [0.1, 0.15) is 18.4 Å². The van der Waals surface area contributed by atoms with Crippen LogP contribution in [0.25, 0.3) is 11.1 Å². The standard InChI is InChI=1S/C24H22N2O4S/c1-17-11-13-19(14-12-17)31(29,30)26-22(15-16-23(26)27)24(28)25-21-10-6-5-9-20(21)18-7-3-2-4-8-18/h2-14,22H,15-16H2,1H3,(H,25,28)/t22-/m0/s1. The summed E-state index contributed by atoms with van der Waals surface area (Å²) in [6, 6.07) is 22.0. The Labute approximate surface area is 181 Å². The Morgan fingerprint density at radius 1 is 0.935 bits per heavy atom. The molecule has 0 aliphatic carbocycles. The first-order valence-corrected chi connectivity index (χ1v) is 11.4. The highest BCUT2D eigenvalue weighted by Gasteiger charge is 2.44. The van der Waals surface area contributed by atoms with Gasteiger partial charge in [-0.15, -0.1) is 0 Å². The highest BCUT2D eigenvalue weighted by atomic mass is 32.2. The van der Waals surface area contributed by atoms with Gasteiger partial charge < -0.3 is 5.32 Å². The van der Waals surface area contributed by atoms with Crippen molar-refractivity contribution in [1.29, 1.82) is 0 Å². The Kier molecular flexibility index (Phi) is 5.61. The van der Waals surface area contributed by atoms with Crippen LogP contribution in [0.4, 0.5) is 5.69 Å². The van der Waals surface area contributed by atoms with E-state index in [1.54, 1.807) is 24.3 Å². The van der Waals surface area contributed by atoms with E-state index in [1.807, 2.05) is 49.4 Å². The highest BCUT2D eigenvalue weighted by molar-refractivity contribution is 7.89. The fourth-order valence-corrected chi connectivity index (χ4v) is 5.30. The van der Waals surface area contributed by atoms with Gasteiger partial charge in [0.05, 0.1) is 4.90 Å². The number of aryl methyl sites for hydroxylation is 1. The molecule has 0 radical (unpaired) electrons. The Morgan fingerprint density at radius 2 is 1.58 bits per heavy atom. The van der Waals surface area contributed by atoms with Gasteiger partial charge in [0.15, 0.2) is 0 Å². The fraction of sp³-hybridized carbons (Fsp3) is 0.167. The lowest BCUT2D eigenvalue weighted by molar-refractivity contribution is -0.128. The van der Waals surface area contributed by atoms with Gasteiger partial charge in [-0.25, -0.2) is 12.7 Å². The highest BCUT2D eigenvalue weighted by Crippen LogP contribution is 2.31. The van der Waals surface area contributed by atoms with E-state index in [0.29, 0.717) is 5.69 Å². The van der Waals surface area contributed by atoms with E-state index in [9.17, 15) is 18.0 Å². The molecule has 0 bridgehead atoms. The van der Waals surface area contributed by atoms with Crippen LogP contribution < -0.4 is 5.32 Å². The molecule has 4 rings (SSSR count). The van der Waals surface area contributed by atoms with Gasteiger partial charge >= 0.3 is 0 Å². The monoisotopic (exact) mass is 434 g/mol. The van der Waals surface area contributed by atoms with Crippen molar-refractivity contribution in [3.05, 3.63) is 84.4 Å². The molecule has 7 heteroatoms. The number of anilines is 1. The zero-order chi connectivity index (χ0) is 22.0. The Balaban J connectivity index is 1.63. The van der Waals surface area contributed by atoms with Crippen molar-refractivity contribution in [3.8, 4) is 11.1 Å². The second kappa shape index (κ2) is 8.35. The SMILES string of the molecule is Cc1ccc(S(=O)(=O)N2C(=O)CC[C@H]2C(=O)Nc2ccccc2-c2ccccc2)cc1. The molecule has 1 fully saturated rings. The molecular formula is C24H22N2O4S. The molecule has 0 spiro atoms. The molecule has 1 heterocycles. The van der Waals surface area contributed by atoms with Crippen LogP contribution >= 0.6 is 0 Å². The van der Waals surface area contributed by atoms with Crippen LogP contribution in [0.3, 0.4) is 0 Å². The van der Waals surface area contributed by atoms with E-state index >= 15 is 0 Å². The molecule has 1 atom stereocenters. The quantitative estimate of drug-likeness (QED) is 0.658. The van der Waals surface area contributed by atoms with E-state index in [0.717, 1.165) is 21.0 Å². The smallest absolute Gasteiger partial charge is 0.267 e. The number of benzene rings is 3. The maximum absolute atomic E-state index is 13.1. The molecule has 1 saturated heterocycles. The number of nitrogens with one attached hydrogen (secondary N) is 1. The van der Waals surface area contributed by atoms with Gasteiger partial charge in [0, 0.05) is 17.7 Å². The Morgan fingerprint density at radius 3 is 2.29 bits per heavy atom. The number of nitrogens with zero attached hydrogens (tertiary/aromatic N) is 1. The first-order chi connectivity index (χ1) is 14.9. The fourth-order valence-electron chi connectivity index (χ4n) is 3.70. The van der Waals surface area contributed by atoms with Gasteiger partial charge in [-0.3, -0.25) is 9.59 Å². The summed E-state index contributed by atoms with van der Waals surface area (Å²) in [5.41, 5.74) is 3.20. The normalized spacial score (nSPS) is 16.4. The number of carbonyl (C=O) groups excluding carboxylic acids is 2. The minimum Gasteiger partial charge on any atom is -0.324 e.